The highest BCUT2D eigenvalue weighted by Crippen LogP contribution is 2.13. The Hall–Kier alpha value is -0.910. The normalized spacial score (nSPS) is 15.9. The fourth-order valence-corrected chi connectivity index (χ4v) is 1.35. The first-order valence-corrected chi connectivity index (χ1v) is 5.82. The summed E-state index contributed by atoms with van der Waals surface area (Å²) in [5.41, 5.74) is -0.0249. The Bertz CT molecular complexity index is 353. The van der Waals surface area contributed by atoms with Crippen molar-refractivity contribution >= 4 is 0 Å². The minimum atomic E-state index is -1.07. The van der Waals surface area contributed by atoms with Crippen molar-refractivity contribution in [3.8, 4) is 0 Å². The number of hydrogen-bond acceptors (Lipinski definition) is 4. The zero-order chi connectivity index (χ0) is 13.1. The SMILES string of the molecule is CC(O)(CO)CNCc1cnn(C(C)(C)C)c1. The molecule has 0 fully saturated rings. The van der Waals surface area contributed by atoms with Gasteiger partial charge >= 0.3 is 0 Å². The first-order chi connectivity index (χ1) is 7.74. The summed E-state index contributed by atoms with van der Waals surface area (Å²) in [6.07, 6.45) is 3.80. The molecule has 0 saturated carbocycles. The van der Waals surface area contributed by atoms with Crippen LogP contribution < -0.4 is 5.32 Å². The molecule has 17 heavy (non-hydrogen) atoms. The first-order valence-electron chi connectivity index (χ1n) is 5.82. The Morgan fingerprint density at radius 2 is 2.00 bits per heavy atom. The van der Waals surface area contributed by atoms with Gasteiger partial charge in [-0.05, 0) is 27.7 Å². The van der Waals surface area contributed by atoms with Crippen molar-refractivity contribution < 1.29 is 10.2 Å². The van der Waals surface area contributed by atoms with Crippen LogP contribution in [-0.2, 0) is 12.1 Å². The van der Waals surface area contributed by atoms with E-state index in [-0.39, 0.29) is 12.1 Å². The van der Waals surface area contributed by atoms with Gasteiger partial charge in [-0.2, -0.15) is 5.10 Å². The molecule has 1 unspecified atom stereocenters. The molecule has 5 nitrogen and oxygen atoms in total. The van der Waals surface area contributed by atoms with Gasteiger partial charge in [0.15, 0.2) is 0 Å². The van der Waals surface area contributed by atoms with Crippen LogP contribution in [0.15, 0.2) is 12.4 Å². The van der Waals surface area contributed by atoms with Crippen LogP contribution in [0.1, 0.15) is 33.3 Å². The summed E-state index contributed by atoms with van der Waals surface area (Å²) in [5, 5.41) is 25.9. The molecule has 1 atom stereocenters. The Kier molecular flexibility index (Phi) is 4.30. The lowest BCUT2D eigenvalue weighted by Gasteiger charge is -2.20. The number of aliphatic hydroxyl groups is 2. The van der Waals surface area contributed by atoms with Crippen molar-refractivity contribution in [2.24, 2.45) is 0 Å². The summed E-state index contributed by atoms with van der Waals surface area (Å²) < 4.78 is 1.91. The number of rotatable bonds is 5. The van der Waals surface area contributed by atoms with E-state index in [0.29, 0.717) is 13.1 Å². The molecule has 1 heterocycles. The van der Waals surface area contributed by atoms with Crippen LogP contribution >= 0.6 is 0 Å². The summed E-state index contributed by atoms with van der Waals surface area (Å²) in [6, 6.07) is 0. The number of aromatic nitrogens is 2. The van der Waals surface area contributed by atoms with E-state index in [4.69, 9.17) is 5.11 Å². The van der Waals surface area contributed by atoms with Crippen molar-refractivity contribution in [3.05, 3.63) is 18.0 Å². The quantitative estimate of drug-likeness (QED) is 0.701. The number of aliphatic hydroxyl groups excluding tert-OH is 1. The molecule has 0 amide bonds. The van der Waals surface area contributed by atoms with Gasteiger partial charge in [0.25, 0.3) is 0 Å². The molecule has 0 spiro atoms. The first kappa shape index (κ1) is 14.2. The van der Waals surface area contributed by atoms with E-state index < -0.39 is 5.60 Å². The monoisotopic (exact) mass is 241 g/mol. The molecule has 1 aromatic rings. The van der Waals surface area contributed by atoms with Gasteiger partial charge in [0.2, 0.25) is 0 Å². The third kappa shape index (κ3) is 4.46. The Balaban J connectivity index is 2.46. The fraction of sp³-hybridized carbons (Fsp3) is 0.750. The maximum absolute atomic E-state index is 9.60. The Morgan fingerprint density at radius 1 is 1.35 bits per heavy atom. The van der Waals surface area contributed by atoms with Crippen LogP contribution in [0.3, 0.4) is 0 Å². The third-order valence-electron chi connectivity index (χ3n) is 2.50. The van der Waals surface area contributed by atoms with Crippen molar-refractivity contribution in [1.29, 1.82) is 0 Å². The van der Waals surface area contributed by atoms with Crippen LogP contribution in [-0.4, -0.2) is 38.7 Å². The van der Waals surface area contributed by atoms with Gasteiger partial charge in [0, 0.05) is 24.8 Å². The standard InChI is InChI=1S/C12H23N3O2/c1-11(2,3)15-7-10(6-14-15)5-13-8-12(4,17)9-16/h6-7,13,16-17H,5,8-9H2,1-4H3. The predicted molar refractivity (Wildman–Crippen MR) is 66.6 cm³/mol. The van der Waals surface area contributed by atoms with E-state index in [9.17, 15) is 5.11 Å². The molecule has 0 aliphatic carbocycles. The van der Waals surface area contributed by atoms with Gasteiger partial charge < -0.3 is 15.5 Å². The highest BCUT2D eigenvalue weighted by atomic mass is 16.3. The van der Waals surface area contributed by atoms with E-state index in [1.165, 1.54) is 0 Å². The van der Waals surface area contributed by atoms with Crippen molar-refractivity contribution in [3.63, 3.8) is 0 Å². The van der Waals surface area contributed by atoms with Crippen LogP contribution in [0.4, 0.5) is 0 Å². The van der Waals surface area contributed by atoms with E-state index in [2.05, 4.69) is 31.2 Å². The van der Waals surface area contributed by atoms with E-state index in [1.54, 1.807) is 6.92 Å². The Morgan fingerprint density at radius 3 is 2.47 bits per heavy atom. The van der Waals surface area contributed by atoms with Gasteiger partial charge in [-0.15, -0.1) is 0 Å². The molecular formula is C12H23N3O2. The van der Waals surface area contributed by atoms with Gasteiger partial charge in [0.05, 0.1) is 23.9 Å². The summed E-state index contributed by atoms with van der Waals surface area (Å²) >= 11 is 0. The molecule has 1 rings (SSSR count). The minimum Gasteiger partial charge on any atom is -0.393 e. The van der Waals surface area contributed by atoms with Crippen LogP contribution in [0.25, 0.3) is 0 Å². The third-order valence-corrected chi connectivity index (χ3v) is 2.50. The molecule has 3 N–H and O–H groups in total. The van der Waals surface area contributed by atoms with Crippen LogP contribution in [0.2, 0.25) is 0 Å². The van der Waals surface area contributed by atoms with E-state index in [0.717, 1.165) is 5.56 Å². The molecule has 98 valence electrons. The summed E-state index contributed by atoms with van der Waals surface area (Å²) in [7, 11) is 0. The highest BCUT2D eigenvalue weighted by molar-refractivity contribution is 5.05. The Labute approximate surface area is 102 Å². The molecule has 0 aliphatic heterocycles. The van der Waals surface area contributed by atoms with Crippen LogP contribution in [0.5, 0.6) is 0 Å². The molecule has 0 bridgehead atoms. The second kappa shape index (κ2) is 5.16. The second-order valence-electron chi connectivity index (χ2n) is 5.72. The minimum absolute atomic E-state index is 0.0190. The summed E-state index contributed by atoms with van der Waals surface area (Å²) in [4.78, 5) is 0. The van der Waals surface area contributed by atoms with Gasteiger partial charge in [-0.1, -0.05) is 0 Å². The zero-order valence-corrected chi connectivity index (χ0v) is 11.1. The van der Waals surface area contributed by atoms with Crippen LogP contribution in [0, 0.1) is 0 Å². The molecule has 0 radical (unpaired) electrons. The smallest absolute Gasteiger partial charge is 0.0972 e. The summed E-state index contributed by atoms with van der Waals surface area (Å²) in [6.45, 7) is 8.60. The molecule has 0 aromatic carbocycles. The zero-order valence-electron chi connectivity index (χ0n) is 11.1. The summed E-state index contributed by atoms with van der Waals surface area (Å²) in [5.74, 6) is 0. The molecule has 0 saturated heterocycles. The van der Waals surface area contributed by atoms with Gasteiger partial charge in [-0.25, -0.2) is 0 Å². The lowest BCUT2D eigenvalue weighted by Crippen LogP contribution is -2.40. The second-order valence-corrected chi connectivity index (χ2v) is 5.72. The molecule has 1 aromatic heterocycles. The topological polar surface area (TPSA) is 70.3 Å². The van der Waals surface area contributed by atoms with Crippen molar-refractivity contribution in [2.45, 2.75) is 45.4 Å². The number of hydrogen-bond donors (Lipinski definition) is 3. The highest BCUT2D eigenvalue weighted by Gasteiger charge is 2.18. The van der Waals surface area contributed by atoms with Crippen molar-refractivity contribution in [2.75, 3.05) is 13.2 Å². The fourth-order valence-electron chi connectivity index (χ4n) is 1.35. The lowest BCUT2D eigenvalue weighted by atomic mass is 10.1. The molecular weight excluding hydrogens is 218 g/mol. The van der Waals surface area contributed by atoms with E-state index in [1.807, 2.05) is 17.1 Å². The van der Waals surface area contributed by atoms with Gasteiger partial charge in [-0.3, -0.25) is 4.68 Å². The average Bonchev–Trinajstić information content (AvgIpc) is 2.66. The van der Waals surface area contributed by atoms with Gasteiger partial charge in [0.1, 0.15) is 0 Å². The lowest BCUT2D eigenvalue weighted by molar-refractivity contribution is 0.00253. The molecule has 0 aliphatic rings. The van der Waals surface area contributed by atoms with Crippen molar-refractivity contribution in [1.82, 2.24) is 15.1 Å². The largest absolute Gasteiger partial charge is 0.393 e. The number of nitrogens with one attached hydrogen (secondary N) is 1. The maximum Gasteiger partial charge on any atom is 0.0972 e. The maximum atomic E-state index is 9.60. The van der Waals surface area contributed by atoms with E-state index >= 15 is 0 Å². The predicted octanol–water partition coefficient (Wildman–Crippen LogP) is 0.471. The average molecular weight is 241 g/mol. The molecule has 5 heteroatoms. The number of nitrogens with zero attached hydrogens (tertiary/aromatic N) is 2.